The van der Waals surface area contributed by atoms with E-state index in [0.717, 1.165) is 4.68 Å². The summed E-state index contributed by atoms with van der Waals surface area (Å²) in [6, 6.07) is 0. The number of aryl methyl sites for hydroxylation is 2. The molecule has 0 aliphatic rings. The maximum absolute atomic E-state index is 12.4. The minimum absolute atomic E-state index is 0.130. The highest BCUT2D eigenvalue weighted by Gasteiger charge is 2.36. The molecule has 0 saturated heterocycles. The van der Waals surface area contributed by atoms with Crippen LogP contribution in [0.5, 0.6) is 0 Å². The molecule has 1 aromatic rings. The molecule has 0 aliphatic heterocycles. The lowest BCUT2D eigenvalue weighted by atomic mass is 10.1. The Labute approximate surface area is 85.5 Å². The van der Waals surface area contributed by atoms with Crippen molar-refractivity contribution in [1.29, 1.82) is 0 Å². The second kappa shape index (κ2) is 4.22. The maximum Gasteiger partial charge on any atom is 0.435 e. The highest BCUT2D eigenvalue weighted by Crippen LogP contribution is 2.31. The molecule has 0 aliphatic carbocycles. The van der Waals surface area contributed by atoms with Gasteiger partial charge in [-0.1, -0.05) is 0 Å². The third kappa shape index (κ3) is 3.23. The number of aromatic nitrogens is 2. The van der Waals surface area contributed by atoms with Crippen LogP contribution in [0.4, 0.5) is 13.2 Å². The first-order chi connectivity index (χ1) is 6.80. The molecule has 1 heterocycles. The number of aliphatic hydroxyl groups excluding tert-OH is 1. The summed E-state index contributed by atoms with van der Waals surface area (Å²) in [5, 5.41) is 12.4. The van der Waals surface area contributed by atoms with Crippen molar-refractivity contribution in [3.05, 3.63) is 17.5 Å². The number of nitrogens with zero attached hydrogens (tertiary/aromatic N) is 2. The molecular formula is C9H13F3N2O. The first-order valence-corrected chi connectivity index (χ1v) is 4.58. The minimum Gasteiger partial charge on any atom is -0.393 e. The van der Waals surface area contributed by atoms with Crippen molar-refractivity contribution < 1.29 is 18.3 Å². The van der Waals surface area contributed by atoms with Crippen molar-refractivity contribution in [3.8, 4) is 0 Å². The molecule has 1 N–H and O–H groups in total. The molecule has 0 spiro atoms. The molecule has 0 aromatic carbocycles. The fraction of sp³-hybridized carbons (Fsp3) is 0.667. The lowest BCUT2D eigenvalue weighted by Crippen LogP contribution is -2.10. The second-order valence-corrected chi connectivity index (χ2v) is 3.56. The average molecular weight is 222 g/mol. The van der Waals surface area contributed by atoms with E-state index in [2.05, 4.69) is 5.10 Å². The van der Waals surface area contributed by atoms with E-state index < -0.39 is 18.0 Å². The molecule has 0 saturated carbocycles. The third-order valence-corrected chi connectivity index (χ3v) is 2.00. The maximum atomic E-state index is 12.4. The monoisotopic (exact) mass is 222 g/mol. The average Bonchev–Trinajstić information content (AvgIpc) is 2.42. The van der Waals surface area contributed by atoms with Crippen LogP contribution in [0.3, 0.4) is 0 Å². The van der Waals surface area contributed by atoms with E-state index in [0.29, 0.717) is 6.42 Å². The predicted molar refractivity (Wildman–Crippen MR) is 48.2 cm³/mol. The van der Waals surface area contributed by atoms with Crippen LogP contribution in [0.1, 0.15) is 24.6 Å². The van der Waals surface area contributed by atoms with Crippen molar-refractivity contribution in [2.24, 2.45) is 7.05 Å². The zero-order chi connectivity index (χ0) is 11.6. The van der Waals surface area contributed by atoms with Crippen LogP contribution in [0.2, 0.25) is 0 Å². The van der Waals surface area contributed by atoms with E-state index in [1.54, 1.807) is 6.92 Å². The molecule has 3 nitrogen and oxygen atoms in total. The Balaban J connectivity index is 2.87. The van der Waals surface area contributed by atoms with Crippen molar-refractivity contribution in [3.63, 3.8) is 0 Å². The van der Waals surface area contributed by atoms with Gasteiger partial charge in [-0.05, 0) is 19.8 Å². The van der Waals surface area contributed by atoms with Crippen LogP contribution in [0.25, 0.3) is 0 Å². The summed E-state index contributed by atoms with van der Waals surface area (Å²) in [6.45, 7) is 1.55. The van der Waals surface area contributed by atoms with Gasteiger partial charge in [0, 0.05) is 18.8 Å². The van der Waals surface area contributed by atoms with E-state index in [1.165, 1.54) is 13.2 Å². The second-order valence-electron chi connectivity index (χ2n) is 3.56. The van der Waals surface area contributed by atoms with Gasteiger partial charge in [0.1, 0.15) is 0 Å². The van der Waals surface area contributed by atoms with E-state index in [-0.39, 0.29) is 12.0 Å². The van der Waals surface area contributed by atoms with Crippen molar-refractivity contribution in [1.82, 2.24) is 9.78 Å². The normalized spacial score (nSPS) is 14.3. The first-order valence-electron chi connectivity index (χ1n) is 4.58. The SMILES string of the molecule is CC(O)CCc1cn(C)nc1C(F)(F)F. The zero-order valence-electron chi connectivity index (χ0n) is 8.54. The lowest BCUT2D eigenvalue weighted by molar-refractivity contribution is -0.142. The number of hydrogen-bond acceptors (Lipinski definition) is 2. The standard InChI is InChI=1S/C9H13F3N2O/c1-6(15)3-4-7-5-14(2)13-8(7)9(10,11)12/h5-6,15H,3-4H2,1-2H3. The Morgan fingerprint density at radius 1 is 1.53 bits per heavy atom. The molecule has 0 bridgehead atoms. The van der Waals surface area contributed by atoms with Crippen molar-refractivity contribution >= 4 is 0 Å². The zero-order valence-corrected chi connectivity index (χ0v) is 8.54. The Morgan fingerprint density at radius 3 is 2.60 bits per heavy atom. The molecule has 1 aromatic heterocycles. The van der Waals surface area contributed by atoms with Crippen LogP contribution >= 0.6 is 0 Å². The molecular weight excluding hydrogens is 209 g/mol. The fourth-order valence-corrected chi connectivity index (χ4v) is 1.32. The molecule has 15 heavy (non-hydrogen) atoms. The minimum atomic E-state index is -4.42. The Bertz CT molecular complexity index is 331. The van der Waals surface area contributed by atoms with Gasteiger partial charge in [-0.15, -0.1) is 0 Å². The topological polar surface area (TPSA) is 38.0 Å². The largest absolute Gasteiger partial charge is 0.435 e. The van der Waals surface area contributed by atoms with Gasteiger partial charge in [-0.25, -0.2) is 0 Å². The van der Waals surface area contributed by atoms with E-state index in [9.17, 15) is 13.2 Å². The van der Waals surface area contributed by atoms with Gasteiger partial charge in [-0.2, -0.15) is 18.3 Å². The Hall–Kier alpha value is -1.04. The number of halogens is 3. The lowest BCUT2D eigenvalue weighted by Gasteiger charge is -2.06. The first kappa shape index (κ1) is 12.0. The Morgan fingerprint density at radius 2 is 2.13 bits per heavy atom. The molecule has 0 amide bonds. The van der Waals surface area contributed by atoms with Gasteiger partial charge in [0.05, 0.1) is 6.10 Å². The summed E-state index contributed by atoms with van der Waals surface area (Å²) in [4.78, 5) is 0. The van der Waals surface area contributed by atoms with E-state index in [1.807, 2.05) is 0 Å². The quantitative estimate of drug-likeness (QED) is 0.846. The summed E-state index contributed by atoms with van der Waals surface area (Å²) in [5.41, 5.74) is -0.725. The van der Waals surface area contributed by atoms with Gasteiger partial charge in [0.2, 0.25) is 0 Å². The predicted octanol–water partition coefficient (Wildman–Crippen LogP) is 1.75. The van der Waals surface area contributed by atoms with Crippen molar-refractivity contribution in [2.45, 2.75) is 32.0 Å². The molecule has 0 radical (unpaired) electrons. The van der Waals surface area contributed by atoms with E-state index in [4.69, 9.17) is 5.11 Å². The Kier molecular flexibility index (Phi) is 3.38. The molecule has 0 fully saturated rings. The molecule has 1 unspecified atom stereocenters. The fourth-order valence-electron chi connectivity index (χ4n) is 1.32. The van der Waals surface area contributed by atoms with Crippen LogP contribution in [-0.2, 0) is 19.6 Å². The molecule has 1 atom stereocenters. The van der Waals surface area contributed by atoms with Crippen molar-refractivity contribution in [2.75, 3.05) is 0 Å². The molecule has 1 rings (SSSR count). The smallest absolute Gasteiger partial charge is 0.393 e. The molecule has 86 valence electrons. The van der Waals surface area contributed by atoms with Gasteiger partial charge < -0.3 is 5.11 Å². The number of aliphatic hydroxyl groups is 1. The summed E-state index contributed by atoms with van der Waals surface area (Å²) in [7, 11) is 1.45. The summed E-state index contributed by atoms with van der Waals surface area (Å²) < 4.78 is 38.5. The summed E-state index contributed by atoms with van der Waals surface area (Å²) in [5.74, 6) is 0. The van der Waals surface area contributed by atoms with Crippen LogP contribution < -0.4 is 0 Å². The van der Waals surface area contributed by atoms with Crippen LogP contribution in [-0.4, -0.2) is 21.0 Å². The summed E-state index contributed by atoms with van der Waals surface area (Å²) >= 11 is 0. The number of alkyl halides is 3. The van der Waals surface area contributed by atoms with Gasteiger partial charge in [-0.3, -0.25) is 4.68 Å². The highest BCUT2D eigenvalue weighted by atomic mass is 19.4. The number of hydrogen-bond donors (Lipinski definition) is 1. The number of rotatable bonds is 3. The van der Waals surface area contributed by atoms with Crippen LogP contribution in [0.15, 0.2) is 6.20 Å². The third-order valence-electron chi connectivity index (χ3n) is 2.00. The highest BCUT2D eigenvalue weighted by molar-refractivity contribution is 5.20. The van der Waals surface area contributed by atoms with Crippen LogP contribution in [0, 0.1) is 0 Å². The summed E-state index contributed by atoms with van der Waals surface area (Å²) in [6.07, 6.45) is -3.21. The van der Waals surface area contributed by atoms with E-state index >= 15 is 0 Å². The van der Waals surface area contributed by atoms with Gasteiger partial charge in [0.25, 0.3) is 0 Å². The van der Waals surface area contributed by atoms with Gasteiger partial charge in [0.15, 0.2) is 5.69 Å². The van der Waals surface area contributed by atoms with Gasteiger partial charge >= 0.3 is 6.18 Å². The molecule has 6 heteroatoms.